The number of rotatable bonds is 5. The fourth-order valence-corrected chi connectivity index (χ4v) is 1.79. The Morgan fingerprint density at radius 3 is 2.71 bits per heavy atom. The smallest absolute Gasteiger partial charge is 0.345 e. The van der Waals surface area contributed by atoms with Crippen LogP contribution in [0.3, 0.4) is 0 Å². The van der Waals surface area contributed by atoms with Crippen molar-refractivity contribution in [3.8, 4) is 0 Å². The van der Waals surface area contributed by atoms with E-state index in [9.17, 15) is 19.7 Å². The van der Waals surface area contributed by atoms with Crippen LogP contribution in [0.5, 0.6) is 0 Å². The van der Waals surface area contributed by atoms with Crippen molar-refractivity contribution in [3.05, 3.63) is 62.9 Å². The van der Waals surface area contributed by atoms with Gasteiger partial charge in [-0.1, -0.05) is 11.6 Å². The van der Waals surface area contributed by atoms with E-state index in [0.29, 0.717) is 0 Å². The first-order valence-electron chi connectivity index (χ1n) is 5.76. The van der Waals surface area contributed by atoms with Crippen LogP contribution in [0.1, 0.15) is 20.8 Å². The maximum absolute atomic E-state index is 11.8. The Kier molecular flexibility index (Phi) is 4.34. The van der Waals surface area contributed by atoms with Crippen molar-refractivity contribution in [1.82, 2.24) is 4.98 Å². The summed E-state index contributed by atoms with van der Waals surface area (Å²) in [6.07, 6.45) is 1.55. The van der Waals surface area contributed by atoms with Crippen LogP contribution < -0.4 is 0 Å². The predicted octanol–water partition coefficient (Wildman–Crippen LogP) is 2.62. The minimum atomic E-state index is -0.982. The Bertz CT molecular complexity index is 697. The molecule has 8 heteroatoms. The summed E-state index contributed by atoms with van der Waals surface area (Å²) in [7, 11) is 0. The summed E-state index contributed by atoms with van der Waals surface area (Å²) in [4.78, 5) is 36.3. The lowest BCUT2D eigenvalue weighted by atomic mass is 10.2. The van der Waals surface area contributed by atoms with Gasteiger partial charge in [-0.3, -0.25) is 14.9 Å². The molecule has 1 N–H and O–H groups in total. The van der Waals surface area contributed by atoms with Gasteiger partial charge in [-0.15, -0.1) is 0 Å². The van der Waals surface area contributed by atoms with Gasteiger partial charge in [0, 0.05) is 17.3 Å². The number of nitro benzene ring substituents is 1. The Hall–Kier alpha value is -2.67. The average Bonchev–Trinajstić information content (AvgIpc) is 2.98. The summed E-state index contributed by atoms with van der Waals surface area (Å²) in [6.45, 7) is -0.525. The van der Waals surface area contributed by atoms with Gasteiger partial charge in [-0.25, -0.2) is 4.79 Å². The molecule has 0 aliphatic rings. The van der Waals surface area contributed by atoms with Gasteiger partial charge in [0.15, 0.2) is 6.61 Å². The third-order valence-corrected chi connectivity index (χ3v) is 2.84. The van der Waals surface area contributed by atoms with E-state index in [0.717, 1.165) is 12.1 Å². The highest BCUT2D eigenvalue weighted by molar-refractivity contribution is 6.31. The lowest BCUT2D eigenvalue weighted by molar-refractivity contribution is -0.385. The Balaban J connectivity index is 2.12. The molecule has 0 bridgehead atoms. The first-order valence-corrected chi connectivity index (χ1v) is 6.14. The molecule has 7 nitrogen and oxygen atoms in total. The van der Waals surface area contributed by atoms with Crippen molar-refractivity contribution in [1.29, 1.82) is 0 Å². The van der Waals surface area contributed by atoms with Crippen molar-refractivity contribution in [3.63, 3.8) is 0 Å². The van der Waals surface area contributed by atoms with Gasteiger partial charge >= 0.3 is 5.97 Å². The number of carbonyl (C=O) groups is 2. The highest BCUT2D eigenvalue weighted by atomic mass is 35.5. The number of halogens is 1. The number of ether oxygens (including phenoxy) is 1. The van der Waals surface area contributed by atoms with Crippen LogP contribution >= 0.6 is 11.6 Å². The minimum Gasteiger partial charge on any atom is -0.453 e. The van der Waals surface area contributed by atoms with E-state index in [1.54, 1.807) is 12.3 Å². The first-order chi connectivity index (χ1) is 9.99. The van der Waals surface area contributed by atoms with Crippen molar-refractivity contribution in [2.45, 2.75) is 0 Å². The molecular weight excluding hydrogens is 300 g/mol. The second-order valence-corrected chi connectivity index (χ2v) is 4.44. The SMILES string of the molecule is O=C(COC(=O)c1cc(Cl)ccc1[N+](=O)[O-])c1ccc[nH]1. The first kappa shape index (κ1) is 14.7. The molecule has 0 unspecified atom stereocenters. The van der Waals surface area contributed by atoms with E-state index in [1.165, 1.54) is 12.1 Å². The van der Waals surface area contributed by atoms with E-state index in [1.807, 2.05) is 0 Å². The Morgan fingerprint density at radius 2 is 2.10 bits per heavy atom. The number of carbonyl (C=O) groups excluding carboxylic acids is 2. The molecule has 21 heavy (non-hydrogen) atoms. The van der Waals surface area contributed by atoms with Crippen LogP contribution in [-0.4, -0.2) is 28.3 Å². The number of nitrogens with zero attached hydrogens (tertiary/aromatic N) is 1. The molecule has 0 fully saturated rings. The molecule has 1 aromatic carbocycles. The Labute approximate surface area is 123 Å². The van der Waals surface area contributed by atoms with Gasteiger partial charge in [0.05, 0.1) is 10.6 Å². The molecule has 0 aliphatic heterocycles. The molecule has 0 spiro atoms. The third kappa shape index (κ3) is 3.46. The maximum atomic E-state index is 11.8. The monoisotopic (exact) mass is 308 g/mol. The number of H-pyrrole nitrogens is 1. The van der Waals surface area contributed by atoms with Gasteiger partial charge in [0.25, 0.3) is 5.69 Å². The largest absolute Gasteiger partial charge is 0.453 e. The number of hydrogen-bond donors (Lipinski definition) is 1. The van der Waals surface area contributed by atoms with Crippen LogP contribution in [0, 0.1) is 10.1 Å². The van der Waals surface area contributed by atoms with Crippen LogP contribution in [0.25, 0.3) is 0 Å². The van der Waals surface area contributed by atoms with Crippen molar-refractivity contribution < 1.29 is 19.2 Å². The van der Waals surface area contributed by atoms with E-state index in [4.69, 9.17) is 16.3 Å². The molecule has 1 aromatic heterocycles. The van der Waals surface area contributed by atoms with Gasteiger partial charge in [0.2, 0.25) is 5.78 Å². The topological polar surface area (TPSA) is 102 Å². The summed E-state index contributed by atoms with van der Waals surface area (Å²) in [5.41, 5.74) is -0.452. The summed E-state index contributed by atoms with van der Waals surface area (Å²) < 4.78 is 4.79. The van der Waals surface area contributed by atoms with Gasteiger partial charge in [0.1, 0.15) is 5.56 Å². The van der Waals surface area contributed by atoms with Crippen LogP contribution in [-0.2, 0) is 4.74 Å². The number of Topliss-reactive ketones (excluding diaryl/α,β-unsaturated/α-hetero) is 1. The highest BCUT2D eigenvalue weighted by Crippen LogP contribution is 2.23. The third-order valence-electron chi connectivity index (χ3n) is 2.61. The molecule has 0 atom stereocenters. The van der Waals surface area contributed by atoms with E-state index in [-0.39, 0.29) is 16.3 Å². The fourth-order valence-electron chi connectivity index (χ4n) is 1.62. The van der Waals surface area contributed by atoms with Gasteiger partial charge in [-0.05, 0) is 24.3 Å². The average molecular weight is 309 g/mol. The van der Waals surface area contributed by atoms with Crippen molar-refractivity contribution in [2.75, 3.05) is 6.61 Å². The van der Waals surface area contributed by atoms with Crippen LogP contribution in [0.2, 0.25) is 5.02 Å². The van der Waals surface area contributed by atoms with Gasteiger partial charge in [-0.2, -0.15) is 0 Å². The molecule has 0 saturated heterocycles. The lowest BCUT2D eigenvalue weighted by Gasteiger charge is -2.04. The summed E-state index contributed by atoms with van der Waals surface area (Å²) >= 11 is 5.71. The molecule has 2 aromatic rings. The standard InChI is InChI=1S/C13H9ClN2O5/c14-8-3-4-11(16(19)20)9(6-8)13(18)21-7-12(17)10-2-1-5-15-10/h1-6,15H,7H2. The molecular formula is C13H9ClN2O5. The summed E-state index contributed by atoms with van der Waals surface area (Å²) in [5.74, 6) is -1.43. The predicted molar refractivity (Wildman–Crippen MR) is 73.5 cm³/mol. The van der Waals surface area contributed by atoms with Crippen LogP contribution in [0.15, 0.2) is 36.5 Å². The number of aromatic amines is 1. The molecule has 0 aliphatic carbocycles. The molecule has 0 saturated carbocycles. The quantitative estimate of drug-likeness (QED) is 0.396. The number of esters is 1. The van der Waals surface area contributed by atoms with Crippen molar-refractivity contribution in [2.24, 2.45) is 0 Å². The molecule has 1 heterocycles. The maximum Gasteiger partial charge on any atom is 0.345 e. The highest BCUT2D eigenvalue weighted by Gasteiger charge is 2.22. The van der Waals surface area contributed by atoms with E-state index in [2.05, 4.69) is 4.98 Å². The minimum absolute atomic E-state index is 0.156. The fraction of sp³-hybridized carbons (Fsp3) is 0.0769. The lowest BCUT2D eigenvalue weighted by Crippen LogP contribution is -2.15. The zero-order valence-corrected chi connectivity index (χ0v) is 11.3. The van der Waals surface area contributed by atoms with E-state index < -0.39 is 29.0 Å². The summed E-state index contributed by atoms with van der Waals surface area (Å²) in [6, 6.07) is 6.67. The molecule has 108 valence electrons. The molecule has 0 amide bonds. The number of aromatic nitrogens is 1. The second-order valence-electron chi connectivity index (χ2n) is 4.00. The zero-order chi connectivity index (χ0) is 15.4. The molecule has 2 rings (SSSR count). The van der Waals surface area contributed by atoms with Gasteiger partial charge < -0.3 is 9.72 Å². The number of ketones is 1. The number of nitrogens with one attached hydrogen (secondary N) is 1. The normalized spacial score (nSPS) is 10.1. The van der Waals surface area contributed by atoms with E-state index >= 15 is 0 Å². The number of benzene rings is 1. The van der Waals surface area contributed by atoms with Crippen LogP contribution in [0.4, 0.5) is 5.69 Å². The van der Waals surface area contributed by atoms with Crippen molar-refractivity contribution >= 4 is 29.0 Å². The Morgan fingerprint density at radius 1 is 1.33 bits per heavy atom. The zero-order valence-electron chi connectivity index (χ0n) is 10.5. The second kappa shape index (κ2) is 6.19. The number of nitro groups is 1. The summed E-state index contributed by atoms with van der Waals surface area (Å²) in [5, 5.41) is 11.0. The molecule has 0 radical (unpaired) electrons. The number of hydrogen-bond acceptors (Lipinski definition) is 5.